The molecule has 0 aromatic carbocycles. The van der Waals surface area contributed by atoms with Crippen LogP contribution >= 0.6 is 0 Å². The number of nitrogens with zero attached hydrogens (tertiary/aromatic N) is 5. The van der Waals surface area contributed by atoms with Gasteiger partial charge in [0.15, 0.2) is 0 Å². The van der Waals surface area contributed by atoms with Crippen molar-refractivity contribution in [2.45, 2.75) is 77.7 Å². The minimum absolute atomic E-state index is 0.0000656. The summed E-state index contributed by atoms with van der Waals surface area (Å²) >= 11 is 0. The SMILES string of the molecule is CCn1nc(CO)c2c1CCN(c1nc(C3CCCC3)nc3c1CNC3)C2. The maximum Gasteiger partial charge on any atom is 0.137 e. The zero-order chi connectivity index (χ0) is 18.4. The number of anilines is 1. The molecular weight excluding hydrogens is 340 g/mol. The molecule has 2 aliphatic heterocycles. The van der Waals surface area contributed by atoms with Gasteiger partial charge in [-0.3, -0.25) is 4.68 Å². The van der Waals surface area contributed by atoms with Crippen molar-refractivity contribution in [3.05, 3.63) is 34.0 Å². The molecule has 0 unspecified atom stereocenters. The molecule has 0 atom stereocenters. The Labute approximate surface area is 159 Å². The number of hydrogen-bond donors (Lipinski definition) is 2. The fraction of sp³-hybridized carbons (Fsp3) is 0.650. The predicted octanol–water partition coefficient (Wildman–Crippen LogP) is 2.01. The van der Waals surface area contributed by atoms with Gasteiger partial charge in [-0.15, -0.1) is 0 Å². The van der Waals surface area contributed by atoms with Crippen molar-refractivity contribution >= 4 is 5.82 Å². The summed E-state index contributed by atoms with van der Waals surface area (Å²) in [6, 6.07) is 0. The molecule has 4 heterocycles. The second-order valence-corrected chi connectivity index (χ2v) is 7.93. The first-order valence-electron chi connectivity index (χ1n) is 10.3. The van der Waals surface area contributed by atoms with Crippen LogP contribution < -0.4 is 10.2 Å². The topological polar surface area (TPSA) is 79.1 Å². The molecule has 7 heteroatoms. The fourth-order valence-electron chi connectivity index (χ4n) is 4.93. The number of nitrogens with one attached hydrogen (secondary N) is 1. The Kier molecular flexibility index (Phi) is 4.36. The molecule has 1 aliphatic carbocycles. The standard InChI is InChI=1S/C20H28N6O/c1-2-26-18-7-8-25(11-15(18)17(12-27)24-26)20-14-9-21-10-16(14)22-19(23-20)13-5-3-4-6-13/h13,21,27H,2-12H2,1H3. The molecule has 2 N–H and O–H groups in total. The van der Waals surface area contributed by atoms with E-state index >= 15 is 0 Å². The second kappa shape index (κ2) is 6.87. The van der Waals surface area contributed by atoms with Crippen LogP contribution in [0.2, 0.25) is 0 Å². The first-order valence-corrected chi connectivity index (χ1v) is 10.3. The molecule has 0 amide bonds. The first kappa shape index (κ1) is 17.1. The monoisotopic (exact) mass is 368 g/mol. The van der Waals surface area contributed by atoms with Crippen LogP contribution in [0.15, 0.2) is 0 Å². The van der Waals surface area contributed by atoms with Gasteiger partial charge in [0.25, 0.3) is 0 Å². The maximum absolute atomic E-state index is 9.77. The van der Waals surface area contributed by atoms with Crippen molar-refractivity contribution in [1.82, 2.24) is 25.1 Å². The average molecular weight is 368 g/mol. The molecule has 0 bridgehead atoms. The third-order valence-electron chi connectivity index (χ3n) is 6.37. The Balaban J connectivity index is 1.52. The van der Waals surface area contributed by atoms with Crippen LogP contribution in [0.5, 0.6) is 0 Å². The Morgan fingerprint density at radius 2 is 2.00 bits per heavy atom. The molecule has 27 heavy (non-hydrogen) atoms. The summed E-state index contributed by atoms with van der Waals surface area (Å²) in [5.74, 6) is 2.67. The molecule has 0 radical (unpaired) electrons. The van der Waals surface area contributed by atoms with Crippen molar-refractivity contribution in [3.63, 3.8) is 0 Å². The summed E-state index contributed by atoms with van der Waals surface area (Å²) in [6.45, 7) is 6.37. The van der Waals surface area contributed by atoms with Gasteiger partial charge in [0.05, 0.1) is 18.0 Å². The van der Waals surface area contributed by atoms with Crippen LogP contribution in [-0.2, 0) is 39.2 Å². The predicted molar refractivity (Wildman–Crippen MR) is 102 cm³/mol. The lowest BCUT2D eigenvalue weighted by atomic mass is 10.0. The van der Waals surface area contributed by atoms with Gasteiger partial charge in [-0.2, -0.15) is 5.10 Å². The molecule has 144 valence electrons. The highest BCUT2D eigenvalue weighted by atomic mass is 16.3. The normalized spacial score (nSPS) is 19.6. The minimum atomic E-state index is -0.0000656. The third kappa shape index (κ3) is 2.84. The molecule has 0 spiro atoms. The summed E-state index contributed by atoms with van der Waals surface area (Å²) in [5.41, 5.74) is 5.72. The highest BCUT2D eigenvalue weighted by Gasteiger charge is 2.30. The van der Waals surface area contributed by atoms with Crippen molar-refractivity contribution in [2.75, 3.05) is 11.4 Å². The molecule has 2 aromatic rings. The fourth-order valence-corrected chi connectivity index (χ4v) is 4.93. The van der Waals surface area contributed by atoms with Crippen LogP contribution in [-0.4, -0.2) is 31.4 Å². The minimum Gasteiger partial charge on any atom is -0.390 e. The van der Waals surface area contributed by atoms with E-state index < -0.39 is 0 Å². The number of hydrogen-bond acceptors (Lipinski definition) is 6. The summed E-state index contributed by atoms with van der Waals surface area (Å²) in [5, 5.41) is 17.8. The van der Waals surface area contributed by atoms with E-state index in [1.54, 1.807) is 0 Å². The van der Waals surface area contributed by atoms with E-state index in [1.807, 2.05) is 4.68 Å². The number of rotatable bonds is 4. The van der Waals surface area contributed by atoms with E-state index in [0.29, 0.717) is 5.92 Å². The summed E-state index contributed by atoms with van der Waals surface area (Å²) in [7, 11) is 0. The lowest BCUT2D eigenvalue weighted by molar-refractivity contribution is 0.274. The molecule has 7 nitrogen and oxygen atoms in total. The van der Waals surface area contributed by atoms with Gasteiger partial charge in [0, 0.05) is 61.9 Å². The van der Waals surface area contributed by atoms with E-state index in [2.05, 4.69) is 22.2 Å². The van der Waals surface area contributed by atoms with Crippen molar-refractivity contribution in [3.8, 4) is 0 Å². The Morgan fingerprint density at radius 3 is 2.78 bits per heavy atom. The second-order valence-electron chi connectivity index (χ2n) is 7.93. The van der Waals surface area contributed by atoms with Gasteiger partial charge in [-0.05, 0) is 19.8 Å². The Bertz CT molecular complexity index is 855. The lowest BCUT2D eigenvalue weighted by Crippen LogP contribution is -2.33. The van der Waals surface area contributed by atoms with Gasteiger partial charge < -0.3 is 15.3 Å². The van der Waals surface area contributed by atoms with E-state index in [1.165, 1.54) is 48.2 Å². The first-order chi connectivity index (χ1) is 13.3. The molecule has 3 aliphatic rings. The number of aryl methyl sites for hydroxylation is 1. The molecule has 1 saturated carbocycles. The smallest absolute Gasteiger partial charge is 0.137 e. The Morgan fingerprint density at radius 1 is 1.15 bits per heavy atom. The van der Waals surface area contributed by atoms with Gasteiger partial charge in [0.1, 0.15) is 11.6 Å². The van der Waals surface area contributed by atoms with Gasteiger partial charge in [-0.1, -0.05) is 12.8 Å². The number of fused-ring (bicyclic) bond motifs is 2. The molecule has 1 fully saturated rings. The van der Waals surface area contributed by atoms with Gasteiger partial charge in [0.2, 0.25) is 0 Å². The van der Waals surface area contributed by atoms with E-state index in [-0.39, 0.29) is 6.61 Å². The van der Waals surface area contributed by atoms with E-state index in [4.69, 9.17) is 9.97 Å². The summed E-state index contributed by atoms with van der Waals surface area (Å²) in [6.07, 6.45) is 5.96. The zero-order valence-corrected chi connectivity index (χ0v) is 16.0. The largest absolute Gasteiger partial charge is 0.390 e. The molecular formula is C20H28N6O. The van der Waals surface area contributed by atoms with Crippen molar-refractivity contribution in [1.29, 1.82) is 0 Å². The average Bonchev–Trinajstić information content (AvgIpc) is 3.45. The van der Waals surface area contributed by atoms with Gasteiger partial charge >= 0.3 is 0 Å². The van der Waals surface area contributed by atoms with Crippen LogP contribution in [0.1, 0.15) is 72.6 Å². The number of aliphatic hydroxyl groups is 1. The van der Waals surface area contributed by atoms with Crippen molar-refractivity contribution in [2.24, 2.45) is 0 Å². The van der Waals surface area contributed by atoms with Crippen LogP contribution in [0, 0.1) is 0 Å². The van der Waals surface area contributed by atoms with Crippen LogP contribution in [0.4, 0.5) is 5.82 Å². The molecule has 2 aromatic heterocycles. The molecule has 5 rings (SSSR count). The van der Waals surface area contributed by atoms with Gasteiger partial charge in [-0.25, -0.2) is 9.97 Å². The van der Waals surface area contributed by atoms with E-state index in [9.17, 15) is 5.11 Å². The molecule has 0 saturated heterocycles. The van der Waals surface area contributed by atoms with Crippen molar-refractivity contribution < 1.29 is 5.11 Å². The highest BCUT2D eigenvalue weighted by Crippen LogP contribution is 2.36. The zero-order valence-electron chi connectivity index (χ0n) is 16.0. The summed E-state index contributed by atoms with van der Waals surface area (Å²) < 4.78 is 2.05. The number of aromatic nitrogens is 4. The Hall–Kier alpha value is -1.99. The van der Waals surface area contributed by atoms with Crippen LogP contribution in [0.3, 0.4) is 0 Å². The maximum atomic E-state index is 9.77. The lowest BCUT2D eigenvalue weighted by Gasteiger charge is -2.30. The number of aliphatic hydroxyl groups excluding tert-OH is 1. The quantitative estimate of drug-likeness (QED) is 0.859. The van der Waals surface area contributed by atoms with Crippen LogP contribution in [0.25, 0.3) is 0 Å². The summed E-state index contributed by atoms with van der Waals surface area (Å²) in [4.78, 5) is 12.4. The highest BCUT2D eigenvalue weighted by molar-refractivity contribution is 5.53. The van der Waals surface area contributed by atoms with E-state index in [0.717, 1.165) is 56.5 Å². The third-order valence-corrected chi connectivity index (χ3v) is 6.37.